The van der Waals surface area contributed by atoms with Crippen molar-refractivity contribution in [3.63, 3.8) is 0 Å². The first-order chi connectivity index (χ1) is 7.72. The van der Waals surface area contributed by atoms with Crippen molar-refractivity contribution in [2.45, 2.75) is 0 Å². The summed E-state index contributed by atoms with van der Waals surface area (Å²) in [4.78, 5) is 24.5. The summed E-state index contributed by atoms with van der Waals surface area (Å²) in [7, 11) is 0. The monoisotopic (exact) mass is 233 g/mol. The van der Waals surface area contributed by atoms with Crippen molar-refractivity contribution in [2.24, 2.45) is 0 Å². The maximum Gasteiger partial charge on any atom is 0.294 e. The van der Waals surface area contributed by atoms with Crippen molar-refractivity contribution in [1.29, 1.82) is 0 Å². The number of hydrogen-bond donors (Lipinski definition) is 0. The Morgan fingerprint density at radius 2 is 2.38 bits per heavy atom. The topological polar surface area (TPSA) is 50.5 Å². The van der Waals surface area contributed by atoms with Gasteiger partial charge in [-0.1, -0.05) is 5.92 Å². The van der Waals surface area contributed by atoms with E-state index in [0.29, 0.717) is 10.7 Å². The van der Waals surface area contributed by atoms with Crippen LogP contribution < -0.4 is 0 Å². The van der Waals surface area contributed by atoms with Crippen LogP contribution in [0.1, 0.15) is 5.76 Å². The van der Waals surface area contributed by atoms with Gasteiger partial charge in [0.05, 0.1) is 17.7 Å². The molecule has 0 bridgehead atoms. The number of imide groups is 1. The van der Waals surface area contributed by atoms with E-state index < -0.39 is 0 Å². The number of furan rings is 1. The van der Waals surface area contributed by atoms with E-state index in [1.54, 1.807) is 12.1 Å². The van der Waals surface area contributed by atoms with Gasteiger partial charge in [0.2, 0.25) is 0 Å². The lowest BCUT2D eigenvalue weighted by atomic mass is 10.3. The highest BCUT2D eigenvalue weighted by Gasteiger charge is 2.34. The number of nitrogens with zero attached hydrogens (tertiary/aromatic N) is 1. The highest BCUT2D eigenvalue weighted by atomic mass is 32.2. The lowest BCUT2D eigenvalue weighted by Crippen LogP contribution is -2.28. The average molecular weight is 233 g/mol. The molecule has 0 saturated carbocycles. The molecule has 1 aromatic rings. The summed E-state index contributed by atoms with van der Waals surface area (Å²) in [6.07, 6.45) is 8.10. The van der Waals surface area contributed by atoms with Gasteiger partial charge in [-0.15, -0.1) is 6.42 Å². The number of hydrogen-bond acceptors (Lipinski definition) is 4. The molecular formula is C11H7NO3S. The molecule has 0 atom stereocenters. The maximum absolute atomic E-state index is 11.7. The molecule has 0 N–H and O–H groups in total. The van der Waals surface area contributed by atoms with E-state index in [1.807, 2.05) is 0 Å². The van der Waals surface area contributed by atoms with Gasteiger partial charge in [-0.2, -0.15) is 0 Å². The molecule has 0 aliphatic carbocycles. The van der Waals surface area contributed by atoms with Gasteiger partial charge >= 0.3 is 0 Å². The summed E-state index contributed by atoms with van der Waals surface area (Å²) in [5.41, 5.74) is 0. The Hall–Kier alpha value is -1.93. The highest BCUT2D eigenvalue weighted by Crippen LogP contribution is 2.31. The van der Waals surface area contributed by atoms with E-state index in [4.69, 9.17) is 10.8 Å². The second kappa shape index (κ2) is 4.29. The van der Waals surface area contributed by atoms with Crippen LogP contribution in [-0.4, -0.2) is 22.6 Å². The molecule has 0 aromatic carbocycles. The first kappa shape index (κ1) is 10.6. The SMILES string of the molecule is C#CCN1C(=O)S/C(=C\c2ccco2)C1=O. The summed E-state index contributed by atoms with van der Waals surface area (Å²) in [6.45, 7) is 0.000160. The van der Waals surface area contributed by atoms with E-state index in [0.717, 1.165) is 16.7 Å². The Morgan fingerprint density at radius 1 is 1.56 bits per heavy atom. The highest BCUT2D eigenvalue weighted by molar-refractivity contribution is 8.18. The summed E-state index contributed by atoms with van der Waals surface area (Å²) >= 11 is 0.863. The number of terminal acetylenes is 1. The smallest absolute Gasteiger partial charge is 0.294 e. The second-order valence-electron chi connectivity index (χ2n) is 2.99. The molecule has 5 heteroatoms. The van der Waals surface area contributed by atoms with Crippen molar-refractivity contribution < 1.29 is 14.0 Å². The quantitative estimate of drug-likeness (QED) is 0.578. The Bertz CT molecular complexity index is 496. The first-order valence-electron chi connectivity index (χ1n) is 4.44. The molecule has 1 fully saturated rings. The van der Waals surface area contributed by atoms with E-state index in [-0.39, 0.29) is 17.7 Å². The molecule has 2 heterocycles. The van der Waals surface area contributed by atoms with Gasteiger partial charge in [-0.3, -0.25) is 14.5 Å². The Morgan fingerprint density at radius 3 is 3.00 bits per heavy atom. The Kier molecular flexibility index (Phi) is 2.84. The predicted octanol–water partition coefficient (Wildman–Crippen LogP) is 1.95. The third kappa shape index (κ3) is 1.88. The molecule has 1 aliphatic rings. The Labute approximate surface area is 96.3 Å². The lowest BCUT2D eigenvalue weighted by molar-refractivity contribution is -0.122. The number of carbonyl (C=O) groups excluding carboxylic acids is 2. The van der Waals surface area contributed by atoms with Crippen LogP contribution in [0.3, 0.4) is 0 Å². The van der Waals surface area contributed by atoms with Crippen LogP contribution in [0, 0.1) is 12.3 Å². The van der Waals surface area contributed by atoms with Crippen LogP contribution in [0.15, 0.2) is 27.7 Å². The zero-order chi connectivity index (χ0) is 11.5. The van der Waals surface area contributed by atoms with Crippen molar-refractivity contribution in [2.75, 3.05) is 6.54 Å². The molecule has 4 nitrogen and oxygen atoms in total. The van der Waals surface area contributed by atoms with Crippen LogP contribution in [0.25, 0.3) is 6.08 Å². The minimum absolute atomic E-state index is 0.000160. The molecule has 1 aliphatic heterocycles. The number of carbonyl (C=O) groups is 2. The molecule has 0 unspecified atom stereocenters. The molecule has 1 saturated heterocycles. The van der Waals surface area contributed by atoms with E-state index in [2.05, 4.69) is 5.92 Å². The van der Waals surface area contributed by atoms with Gasteiger partial charge in [0.1, 0.15) is 5.76 Å². The fraction of sp³-hybridized carbons (Fsp3) is 0.0909. The summed E-state index contributed by atoms with van der Waals surface area (Å²) in [6, 6.07) is 3.41. The van der Waals surface area contributed by atoms with Crippen LogP contribution in [-0.2, 0) is 4.79 Å². The van der Waals surface area contributed by atoms with Gasteiger partial charge in [0.15, 0.2) is 0 Å². The molecule has 2 rings (SSSR count). The minimum atomic E-state index is -0.371. The van der Waals surface area contributed by atoms with Gasteiger partial charge in [-0.25, -0.2) is 0 Å². The van der Waals surface area contributed by atoms with Crippen molar-refractivity contribution in [3.8, 4) is 12.3 Å². The van der Waals surface area contributed by atoms with Crippen molar-refractivity contribution in [3.05, 3.63) is 29.1 Å². The molecular weight excluding hydrogens is 226 g/mol. The molecule has 0 spiro atoms. The number of amides is 2. The van der Waals surface area contributed by atoms with Crippen molar-refractivity contribution in [1.82, 2.24) is 4.90 Å². The normalized spacial score (nSPS) is 18.2. The minimum Gasteiger partial charge on any atom is -0.465 e. The summed E-state index contributed by atoms with van der Waals surface area (Å²) < 4.78 is 5.06. The molecule has 2 amide bonds. The summed E-state index contributed by atoms with van der Waals surface area (Å²) in [5.74, 6) is 2.43. The fourth-order valence-corrected chi connectivity index (χ4v) is 2.05. The molecule has 1 aromatic heterocycles. The second-order valence-corrected chi connectivity index (χ2v) is 3.98. The zero-order valence-electron chi connectivity index (χ0n) is 8.17. The standard InChI is InChI=1S/C11H7NO3S/c1-2-5-12-10(13)9(16-11(12)14)7-8-4-3-6-15-8/h1,3-4,6-7H,5H2/b9-7-. The molecule has 0 radical (unpaired) electrons. The molecule has 80 valence electrons. The third-order valence-corrected chi connectivity index (χ3v) is 2.85. The van der Waals surface area contributed by atoms with Gasteiger partial charge in [0, 0.05) is 6.08 Å². The van der Waals surface area contributed by atoms with E-state index in [1.165, 1.54) is 12.3 Å². The number of rotatable bonds is 2. The lowest BCUT2D eigenvalue weighted by Gasteiger charge is -2.06. The summed E-state index contributed by atoms with van der Waals surface area (Å²) in [5, 5.41) is -0.347. The zero-order valence-corrected chi connectivity index (χ0v) is 8.99. The Balaban J connectivity index is 2.24. The van der Waals surface area contributed by atoms with Crippen molar-refractivity contribution >= 4 is 29.0 Å². The predicted molar refractivity (Wildman–Crippen MR) is 60.2 cm³/mol. The molecule has 16 heavy (non-hydrogen) atoms. The number of thioether (sulfide) groups is 1. The maximum atomic E-state index is 11.7. The van der Waals surface area contributed by atoms with E-state index in [9.17, 15) is 9.59 Å². The average Bonchev–Trinajstić information content (AvgIpc) is 2.84. The third-order valence-electron chi connectivity index (χ3n) is 1.94. The van der Waals surface area contributed by atoms with Gasteiger partial charge < -0.3 is 4.42 Å². The van der Waals surface area contributed by atoms with Crippen LogP contribution in [0.5, 0.6) is 0 Å². The van der Waals surface area contributed by atoms with Crippen LogP contribution in [0.2, 0.25) is 0 Å². The van der Waals surface area contributed by atoms with Crippen LogP contribution >= 0.6 is 11.8 Å². The van der Waals surface area contributed by atoms with Crippen LogP contribution in [0.4, 0.5) is 4.79 Å². The van der Waals surface area contributed by atoms with Gasteiger partial charge in [-0.05, 0) is 23.9 Å². The fourth-order valence-electron chi connectivity index (χ4n) is 1.23. The first-order valence-corrected chi connectivity index (χ1v) is 5.26. The van der Waals surface area contributed by atoms with Gasteiger partial charge in [0.25, 0.3) is 11.1 Å². The largest absolute Gasteiger partial charge is 0.465 e. The van der Waals surface area contributed by atoms with E-state index >= 15 is 0 Å².